The van der Waals surface area contributed by atoms with Crippen LogP contribution in [0.25, 0.3) is 0 Å². The first kappa shape index (κ1) is 20.4. The first-order chi connectivity index (χ1) is 9.90. The van der Waals surface area contributed by atoms with Gasteiger partial charge >= 0.3 is 0 Å². The molecule has 22 heavy (non-hydrogen) atoms. The molecule has 0 spiro atoms. The molecule has 3 rings (SSSR count). The molecule has 0 bridgehead atoms. The van der Waals surface area contributed by atoms with Crippen LogP contribution in [0.15, 0.2) is 28.3 Å². The number of piperidine rings is 2. The summed E-state index contributed by atoms with van der Waals surface area (Å²) in [6.07, 6.45) is 5.29. The van der Waals surface area contributed by atoms with Gasteiger partial charge in [0, 0.05) is 36.2 Å². The van der Waals surface area contributed by atoms with Crippen LogP contribution >= 0.6 is 23.5 Å². The summed E-state index contributed by atoms with van der Waals surface area (Å²) in [7, 11) is 0. The molecule has 7 heteroatoms. The molecule has 126 valence electrons. The van der Waals surface area contributed by atoms with E-state index in [1.54, 1.807) is 0 Å². The van der Waals surface area contributed by atoms with Gasteiger partial charge in [0.05, 0.1) is 36.2 Å². The molecule has 4 N–H and O–H groups in total. The zero-order valence-electron chi connectivity index (χ0n) is 12.7. The van der Waals surface area contributed by atoms with Gasteiger partial charge in [-0.2, -0.15) is 0 Å². The molecule has 0 aliphatic carbocycles. The second-order valence-electron chi connectivity index (χ2n) is 5.68. The highest BCUT2D eigenvalue weighted by Gasteiger charge is 2.19. The molecule has 2 saturated heterocycles. The number of hydrogen-bond donors (Lipinski definition) is 2. The predicted molar refractivity (Wildman–Crippen MR) is 85.3 cm³/mol. The highest BCUT2D eigenvalue weighted by atomic mass is 35.5. The number of pyridine rings is 1. The van der Waals surface area contributed by atoms with Gasteiger partial charge in [0.2, 0.25) is 0 Å². The van der Waals surface area contributed by atoms with Gasteiger partial charge in [-0.25, -0.2) is 4.98 Å². The van der Waals surface area contributed by atoms with Gasteiger partial charge in [-0.15, -0.1) is 23.5 Å². The topological polar surface area (TPSA) is 46.1 Å². The summed E-state index contributed by atoms with van der Waals surface area (Å²) in [5.74, 6) is 0. The molecule has 0 unspecified atom stereocenters. The fourth-order valence-electron chi connectivity index (χ4n) is 2.90. The summed E-state index contributed by atoms with van der Waals surface area (Å²) < 4.78 is 0. The molecule has 0 saturated carbocycles. The van der Waals surface area contributed by atoms with Gasteiger partial charge in [0.15, 0.2) is 0 Å². The Morgan fingerprint density at radius 3 is 1.59 bits per heavy atom. The predicted octanol–water partition coefficient (Wildman–Crippen LogP) is -5.27. The normalized spacial score (nSPS) is 20.0. The summed E-state index contributed by atoms with van der Waals surface area (Å²) in [5.41, 5.74) is 0. The first-order valence-electron chi connectivity index (χ1n) is 7.84. The molecule has 0 amide bonds. The molecule has 0 aromatic carbocycles. The van der Waals surface area contributed by atoms with E-state index >= 15 is 0 Å². The van der Waals surface area contributed by atoms with E-state index in [2.05, 4.69) is 28.8 Å². The van der Waals surface area contributed by atoms with Gasteiger partial charge in [-0.05, 0) is 12.1 Å². The summed E-state index contributed by atoms with van der Waals surface area (Å²) in [6, 6.07) is 6.55. The van der Waals surface area contributed by atoms with Crippen LogP contribution in [0.5, 0.6) is 0 Å². The van der Waals surface area contributed by atoms with Crippen molar-refractivity contribution in [2.24, 2.45) is 0 Å². The van der Waals surface area contributed by atoms with Crippen molar-refractivity contribution >= 4 is 23.5 Å². The van der Waals surface area contributed by atoms with E-state index in [4.69, 9.17) is 4.98 Å². The molecule has 2 fully saturated rings. The van der Waals surface area contributed by atoms with Crippen molar-refractivity contribution in [3.05, 3.63) is 18.2 Å². The number of nitrogens with zero attached hydrogens (tertiary/aromatic N) is 1. The number of hydrogen-bond acceptors (Lipinski definition) is 3. The minimum atomic E-state index is 0. The van der Waals surface area contributed by atoms with Gasteiger partial charge in [-0.1, -0.05) is 6.07 Å². The number of rotatable bonds is 4. The second kappa shape index (κ2) is 11.0. The minimum Gasteiger partial charge on any atom is -1.00 e. The lowest BCUT2D eigenvalue weighted by Gasteiger charge is -2.21. The van der Waals surface area contributed by atoms with Crippen molar-refractivity contribution in [3.63, 3.8) is 0 Å². The van der Waals surface area contributed by atoms with Crippen molar-refractivity contribution in [2.45, 2.75) is 46.2 Å². The monoisotopic (exact) mass is 381 g/mol. The molecule has 3 nitrogen and oxygen atoms in total. The molecule has 0 radical (unpaired) electrons. The molecule has 2 aliphatic heterocycles. The summed E-state index contributed by atoms with van der Waals surface area (Å²) in [5, 5.41) is 8.86. The Morgan fingerprint density at radius 1 is 0.773 bits per heavy atom. The van der Waals surface area contributed by atoms with E-state index in [1.165, 1.54) is 61.9 Å². The molecular weight excluding hydrogens is 357 g/mol. The first-order valence-corrected chi connectivity index (χ1v) is 9.60. The Kier molecular flexibility index (Phi) is 10.2. The van der Waals surface area contributed by atoms with E-state index in [1.807, 2.05) is 23.5 Å². The third kappa shape index (κ3) is 6.46. The van der Waals surface area contributed by atoms with Crippen molar-refractivity contribution in [1.82, 2.24) is 4.98 Å². The van der Waals surface area contributed by atoms with E-state index in [9.17, 15) is 0 Å². The smallest absolute Gasteiger partial charge is 0.0976 e. The van der Waals surface area contributed by atoms with Crippen LogP contribution in [0.3, 0.4) is 0 Å². The fourth-order valence-corrected chi connectivity index (χ4v) is 5.27. The number of nitrogens with two attached hydrogens (primary N) is 2. The third-order valence-electron chi connectivity index (χ3n) is 4.04. The van der Waals surface area contributed by atoms with Crippen LogP contribution in [-0.2, 0) is 0 Å². The largest absolute Gasteiger partial charge is 1.00 e. The molecule has 0 atom stereocenters. The SMILES string of the molecule is [Cl-].[Cl-].c1cc(SC2CC[NH2+]CC2)nc(SC2CC[NH2+]CC2)c1. The molecule has 1 aromatic rings. The van der Waals surface area contributed by atoms with Gasteiger partial charge in [0.1, 0.15) is 0 Å². The Labute approximate surface area is 154 Å². The van der Waals surface area contributed by atoms with E-state index < -0.39 is 0 Å². The molecule has 3 heterocycles. The van der Waals surface area contributed by atoms with E-state index in [-0.39, 0.29) is 24.8 Å². The average molecular weight is 382 g/mol. The van der Waals surface area contributed by atoms with Crippen LogP contribution in [0, 0.1) is 0 Å². The van der Waals surface area contributed by atoms with Crippen molar-refractivity contribution in [1.29, 1.82) is 0 Å². The van der Waals surface area contributed by atoms with E-state index in [0.29, 0.717) is 0 Å². The number of halogens is 2. The Morgan fingerprint density at radius 2 is 1.18 bits per heavy atom. The van der Waals surface area contributed by atoms with Gasteiger partial charge < -0.3 is 35.4 Å². The quantitative estimate of drug-likeness (QED) is 0.547. The highest BCUT2D eigenvalue weighted by molar-refractivity contribution is 8.00. The van der Waals surface area contributed by atoms with Crippen molar-refractivity contribution < 1.29 is 35.4 Å². The van der Waals surface area contributed by atoms with Crippen LogP contribution in [0.4, 0.5) is 0 Å². The molecular formula is C15H25Cl2N3S2. The highest BCUT2D eigenvalue weighted by Crippen LogP contribution is 2.30. The minimum absolute atomic E-state index is 0. The molecule has 1 aromatic heterocycles. The zero-order valence-corrected chi connectivity index (χ0v) is 15.9. The second-order valence-corrected chi connectivity index (χ2v) is 8.32. The van der Waals surface area contributed by atoms with Crippen LogP contribution in [-0.4, -0.2) is 41.7 Å². The lowest BCUT2D eigenvalue weighted by Crippen LogP contribution is -3.00. The maximum atomic E-state index is 4.87. The maximum absolute atomic E-state index is 4.87. The number of thioether (sulfide) groups is 2. The number of quaternary nitrogens is 2. The third-order valence-corrected chi connectivity index (χ3v) is 6.59. The number of aromatic nitrogens is 1. The Bertz CT molecular complexity index is 390. The maximum Gasteiger partial charge on any atom is 0.0976 e. The molecule has 2 aliphatic rings. The zero-order chi connectivity index (χ0) is 13.6. The van der Waals surface area contributed by atoms with Crippen LogP contribution in [0.2, 0.25) is 0 Å². The summed E-state index contributed by atoms with van der Waals surface area (Å²) in [4.78, 5) is 4.87. The van der Waals surface area contributed by atoms with Crippen LogP contribution < -0.4 is 35.4 Å². The Hall–Kier alpha value is 0.350. The van der Waals surface area contributed by atoms with Gasteiger partial charge in [0.25, 0.3) is 0 Å². The standard InChI is InChI=1S/C15H23N3S2.2ClH/c1-2-14(19-12-4-8-16-9-5-12)18-15(3-1)20-13-6-10-17-11-7-13;;/h1-3,12-13,16-17H,4-11H2;2*1H. The lowest BCUT2D eigenvalue weighted by atomic mass is 10.2. The van der Waals surface area contributed by atoms with Crippen LogP contribution in [0.1, 0.15) is 25.7 Å². The van der Waals surface area contributed by atoms with Crippen molar-refractivity contribution in [2.75, 3.05) is 26.2 Å². The summed E-state index contributed by atoms with van der Waals surface area (Å²) in [6.45, 7) is 5.13. The fraction of sp³-hybridized carbons (Fsp3) is 0.667. The van der Waals surface area contributed by atoms with Crippen molar-refractivity contribution in [3.8, 4) is 0 Å². The average Bonchev–Trinajstić information content (AvgIpc) is 2.50. The Balaban J connectivity index is 0.00000121. The summed E-state index contributed by atoms with van der Waals surface area (Å²) >= 11 is 3.98. The van der Waals surface area contributed by atoms with E-state index in [0.717, 1.165) is 10.5 Å². The lowest BCUT2D eigenvalue weighted by molar-refractivity contribution is -0.661. The van der Waals surface area contributed by atoms with Gasteiger partial charge in [-0.3, -0.25) is 0 Å².